The number of carbonyl (C=O) groups is 1. The fourth-order valence-electron chi connectivity index (χ4n) is 6.20. The number of aromatic nitrogens is 2. The molecular formula is C34H28F7N3O2. The molecule has 6 rings (SSSR count). The highest BCUT2D eigenvalue weighted by Gasteiger charge is 2.47. The molecule has 0 N–H and O–H groups in total. The molecule has 2 aliphatic heterocycles. The van der Waals surface area contributed by atoms with E-state index in [1.807, 2.05) is 42.6 Å². The molecule has 1 aromatic heterocycles. The Labute approximate surface area is 259 Å². The molecule has 3 aromatic carbocycles. The van der Waals surface area contributed by atoms with Gasteiger partial charge in [0.2, 0.25) is 5.91 Å². The van der Waals surface area contributed by atoms with Crippen molar-refractivity contribution in [2.75, 3.05) is 6.54 Å². The number of halogens is 7. The topological polar surface area (TPSA) is 47.4 Å². The van der Waals surface area contributed by atoms with Gasteiger partial charge in [-0.2, -0.15) is 31.4 Å². The average molecular weight is 644 g/mol. The molecule has 5 nitrogen and oxygen atoms in total. The van der Waals surface area contributed by atoms with Crippen molar-refractivity contribution in [3.05, 3.63) is 130 Å². The Bertz CT molecular complexity index is 1710. The Morgan fingerprint density at radius 1 is 0.935 bits per heavy atom. The second-order valence-electron chi connectivity index (χ2n) is 11.6. The van der Waals surface area contributed by atoms with Gasteiger partial charge in [0, 0.05) is 24.2 Å². The Kier molecular flexibility index (Phi) is 8.26. The lowest BCUT2D eigenvalue weighted by Gasteiger charge is -2.31. The Hall–Kier alpha value is -4.45. The van der Waals surface area contributed by atoms with Gasteiger partial charge in [0.1, 0.15) is 5.82 Å². The van der Waals surface area contributed by atoms with Crippen molar-refractivity contribution in [2.24, 2.45) is 0 Å². The van der Waals surface area contributed by atoms with E-state index in [9.17, 15) is 35.5 Å². The Morgan fingerprint density at radius 3 is 2.22 bits per heavy atom. The third-order valence-corrected chi connectivity index (χ3v) is 8.44. The summed E-state index contributed by atoms with van der Waals surface area (Å²) < 4.78 is 103. The van der Waals surface area contributed by atoms with E-state index in [4.69, 9.17) is 4.74 Å². The quantitative estimate of drug-likeness (QED) is 0.192. The molecule has 12 heteroatoms. The van der Waals surface area contributed by atoms with E-state index in [2.05, 4.69) is 5.10 Å². The van der Waals surface area contributed by atoms with Crippen LogP contribution in [0.1, 0.15) is 58.7 Å². The van der Waals surface area contributed by atoms with Gasteiger partial charge in [-0.15, -0.1) is 0 Å². The molecule has 1 saturated heterocycles. The highest BCUT2D eigenvalue weighted by Crippen LogP contribution is 2.44. The average Bonchev–Trinajstić information content (AvgIpc) is 3.62. The molecule has 0 bridgehead atoms. The van der Waals surface area contributed by atoms with Crippen LogP contribution in [-0.4, -0.2) is 39.3 Å². The summed E-state index contributed by atoms with van der Waals surface area (Å²) in [5.41, 5.74) is -0.0809. The van der Waals surface area contributed by atoms with Crippen LogP contribution in [0.4, 0.5) is 30.7 Å². The minimum atomic E-state index is -5.01. The number of amides is 1. The molecule has 0 radical (unpaired) electrons. The van der Waals surface area contributed by atoms with Crippen LogP contribution in [-0.2, 0) is 28.4 Å². The summed E-state index contributed by atoms with van der Waals surface area (Å²) in [6.45, 7) is 1.94. The minimum absolute atomic E-state index is 0.0397. The van der Waals surface area contributed by atoms with Crippen LogP contribution < -0.4 is 0 Å². The zero-order chi connectivity index (χ0) is 32.8. The lowest BCUT2D eigenvalue weighted by molar-refractivity contribution is -0.143. The molecule has 1 unspecified atom stereocenters. The molecule has 1 fully saturated rings. The lowest BCUT2D eigenvalue weighted by atomic mass is 9.86. The number of rotatable bonds is 7. The van der Waals surface area contributed by atoms with E-state index >= 15 is 0 Å². The van der Waals surface area contributed by atoms with Crippen LogP contribution in [0.5, 0.6) is 0 Å². The predicted molar refractivity (Wildman–Crippen MR) is 155 cm³/mol. The second-order valence-corrected chi connectivity index (χ2v) is 11.6. The standard InChI is InChI=1S/C34H28F7N3O2/c1-20(23-11-26(33(36,37)38)15-27(12-23)34(39,40)41)46-30-19-44-29(32(30)22-7-9-28(35)10-8-22)13-24(14-31(44)45)25-16-42-43(18-25)17-21-5-3-2-4-6-21/h2-13,15-16,18,20,29-30,32H,14,17,19H2,1H3/t20-,29?,30+,32+/m1/s1. The van der Waals surface area contributed by atoms with E-state index in [0.717, 1.165) is 16.7 Å². The normalized spacial score (nSPS) is 20.9. The van der Waals surface area contributed by atoms with Gasteiger partial charge >= 0.3 is 12.4 Å². The molecule has 0 saturated carbocycles. The minimum Gasteiger partial charge on any atom is -0.368 e. The van der Waals surface area contributed by atoms with Gasteiger partial charge in [0.25, 0.3) is 0 Å². The number of ether oxygens (including phenoxy) is 1. The number of alkyl halides is 6. The number of hydrogen-bond donors (Lipinski definition) is 0. The number of carbonyl (C=O) groups excluding carboxylic acids is 1. The number of benzene rings is 3. The van der Waals surface area contributed by atoms with Crippen LogP contribution in [0, 0.1) is 5.82 Å². The molecule has 46 heavy (non-hydrogen) atoms. The summed E-state index contributed by atoms with van der Waals surface area (Å²) in [5.74, 6) is -1.30. The van der Waals surface area contributed by atoms with E-state index in [1.54, 1.807) is 27.9 Å². The molecule has 0 spiro atoms. The van der Waals surface area contributed by atoms with Gasteiger partial charge in [-0.25, -0.2) is 4.39 Å². The van der Waals surface area contributed by atoms with E-state index < -0.39 is 53.5 Å². The molecule has 4 atom stereocenters. The Morgan fingerprint density at radius 2 is 1.59 bits per heavy atom. The number of nitrogens with zero attached hydrogens (tertiary/aromatic N) is 3. The van der Waals surface area contributed by atoms with Crippen molar-refractivity contribution in [1.82, 2.24) is 14.7 Å². The van der Waals surface area contributed by atoms with E-state index in [1.165, 1.54) is 19.1 Å². The largest absolute Gasteiger partial charge is 0.416 e. The van der Waals surface area contributed by atoms with Gasteiger partial charge in [-0.1, -0.05) is 48.5 Å². The summed E-state index contributed by atoms with van der Waals surface area (Å²) >= 11 is 0. The highest BCUT2D eigenvalue weighted by molar-refractivity contribution is 5.92. The van der Waals surface area contributed by atoms with Gasteiger partial charge in [0.15, 0.2) is 0 Å². The van der Waals surface area contributed by atoms with Gasteiger partial charge in [0.05, 0.1) is 48.5 Å². The first-order valence-corrected chi connectivity index (χ1v) is 14.5. The molecule has 1 amide bonds. The maximum absolute atomic E-state index is 13.9. The Balaban J connectivity index is 1.32. The monoisotopic (exact) mass is 643 g/mol. The summed E-state index contributed by atoms with van der Waals surface area (Å²) in [6, 6.07) is 16.1. The first kappa shape index (κ1) is 31.5. The summed E-state index contributed by atoms with van der Waals surface area (Å²) in [4.78, 5) is 15.1. The van der Waals surface area contributed by atoms with Crippen molar-refractivity contribution >= 4 is 11.5 Å². The van der Waals surface area contributed by atoms with Gasteiger partial charge in [-0.3, -0.25) is 9.48 Å². The third-order valence-electron chi connectivity index (χ3n) is 8.44. The van der Waals surface area contributed by atoms with Crippen molar-refractivity contribution in [2.45, 2.75) is 56.4 Å². The zero-order valence-corrected chi connectivity index (χ0v) is 24.4. The molecule has 0 aliphatic carbocycles. The molecule has 4 aromatic rings. The number of fused-ring (bicyclic) bond motifs is 1. The number of hydrogen-bond acceptors (Lipinski definition) is 3. The summed E-state index contributed by atoms with van der Waals surface area (Å²) in [5, 5.41) is 4.45. The van der Waals surface area contributed by atoms with E-state index in [-0.39, 0.29) is 30.5 Å². The maximum Gasteiger partial charge on any atom is 0.416 e. The predicted octanol–water partition coefficient (Wildman–Crippen LogP) is 8.04. The van der Waals surface area contributed by atoms with Crippen LogP contribution in [0.2, 0.25) is 0 Å². The molecule has 240 valence electrons. The first-order chi connectivity index (χ1) is 21.8. The SMILES string of the molecule is C[C@@H](O[C@H]1CN2C(=O)CC(c3cnn(Cc4ccccc4)c3)=CC2[C@@H]1c1ccc(F)cc1)c1cc(C(F)(F)F)cc(C(F)(F)F)c1. The van der Waals surface area contributed by atoms with Crippen molar-refractivity contribution in [1.29, 1.82) is 0 Å². The third kappa shape index (κ3) is 6.57. The van der Waals surface area contributed by atoms with E-state index in [0.29, 0.717) is 24.2 Å². The summed E-state index contributed by atoms with van der Waals surface area (Å²) in [7, 11) is 0. The van der Waals surface area contributed by atoms with Crippen molar-refractivity contribution in [3.63, 3.8) is 0 Å². The summed E-state index contributed by atoms with van der Waals surface area (Å²) in [6.07, 6.45) is -6.56. The molecular weight excluding hydrogens is 615 g/mol. The van der Waals surface area contributed by atoms with Crippen molar-refractivity contribution < 1.29 is 40.3 Å². The van der Waals surface area contributed by atoms with Crippen LogP contribution in [0.3, 0.4) is 0 Å². The van der Waals surface area contributed by atoms with Gasteiger partial charge in [-0.05, 0) is 59.5 Å². The fourth-order valence-corrected chi connectivity index (χ4v) is 6.20. The first-order valence-electron chi connectivity index (χ1n) is 14.5. The fraction of sp³-hybridized carbons (Fsp3) is 0.294. The highest BCUT2D eigenvalue weighted by atomic mass is 19.4. The lowest BCUT2D eigenvalue weighted by Crippen LogP contribution is -2.39. The second kappa shape index (κ2) is 12.1. The smallest absolute Gasteiger partial charge is 0.368 e. The molecule has 2 aliphatic rings. The maximum atomic E-state index is 13.9. The van der Waals surface area contributed by atoms with Gasteiger partial charge < -0.3 is 9.64 Å². The molecule has 3 heterocycles. The van der Waals surface area contributed by atoms with Crippen LogP contribution >= 0.6 is 0 Å². The zero-order valence-electron chi connectivity index (χ0n) is 24.4. The van der Waals surface area contributed by atoms with Crippen LogP contribution in [0.15, 0.2) is 91.3 Å². The van der Waals surface area contributed by atoms with Crippen LogP contribution in [0.25, 0.3) is 5.57 Å². The van der Waals surface area contributed by atoms with Crippen molar-refractivity contribution in [3.8, 4) is 0 Å².